The van der Waals surface area contributed by atoms with Crippen LogP contribution in [-0.4, -0.2) is 0 Å². The van der Waals surface area contributed by atoms with Crippen molar-refractivity contribution in [3.63, 3.8) is 0 Å². The molecule has 1 unspecified atom stereocenters. The van der Waals surface area contributed by atoms with Gasteiger partial charge in [-0.15, -0.1) is 0 Å². The van der Waals surface area contributed by atoms with Crippen molar-refractivity contribution in [2.24, 2.45) is 0 Å². The van der Waals surface area contributed by atoms with E-state index in [1.165, 1.54) is 11.1 Å². The van der Waals surface area contributed by atoms with Gasteiger partial charge in [-0.1, -0.05) is 56.8 Å². The summed E-state index contributed by atoms with van der Waals surface area (Å²) in [6, 6.07) is 9.47. The molecule has 0 bridgehead atoms. The maximum Gasteiger partial charge on any atom is 0.0674 e. The zero-order valence-corrected chi connectivity index (χ0v) is 14.3. The van der Waals surface area contributed by atoms with Crippen LogP contribution in [0.2, 0.25) is 15.1 Å². The lowest BCUT2D eigenvalue weighted by atomic mass is 10.00. The molecule has 0 heterocycles. The van der Waals surface area contributed by atoms with E-state index in [0.717, 1.165) is 16.1 Å². The summed E-state index contributed by atoms with van der Waals surface area (Å²) in [5, 5.41) is 2.05. The van der Waals surface area contributed by atoms with E-state index in [-0.39, 0.29) is 4.83 Å². The van der Waals surface area contributed by atoms with Crippen LogP contribution in [0.25, 0.3) is 0 Å². The number of rotatable bonds is 2. The smallest absolute Gasteiger partial charge is 0.0674 e. The molecule has 0 aromatic heterocycles. The van der Waals surface area contributed by atoms with Crippen molar-refractivity contribution in [1.29, 1.82) is 0 Å². The second-order valence-electron chi connectivity index (χ2n) is 4.49. The monoisotopic (exact) mass is 376 g/mol. The summed E-state index contributed by atoms with van der Waals surface area (Å²) in [6.45, 7) is 4.11. The first kappa shape index (κ1) is 15.2. The molecule has 0 saturated heterocycles. The highest BCUT2D eigenvalue weighted by molar-refractivity contribution is 9.09. The van der Waals surface area contributed by atoms with Crippen LogP contribution in [0, 0.1) is 13.8 Å². The molecule has 0 aliphatic heterocycles. The maximum atomic E-state index is 6.33. The number of aryl methyl sites for hydroxylation is 2. The van der Waals surface area contributed by atoms with Crippen LogP contribution in [0.15, 0.2) is 30.3 Å². The fourth-order valence-electron chi connectivity index (χ4n) is 1.87. The van der Waals surface area contributed by atoms with Gasteiger partial charge in [-0.05, 0) is 60.4 Å². The van der Waals surface area contributed by atoms with Crippen molar-refractivity contribution >= 4 is 50.7 Å². The predicted octanol–water partition coefficient (Wildman–Crippen LogP) is 6.75. The Morgan fingerprint density at radius 2 is 1.42 bits per heavy atom. The minimum Gasteiger partial charge on any atom is -0.0843 e. The van der Waals surface area contributed by atoms with Gasteiger partial charge in [0, 0.05) is 15.1 Å². The van der Waals surface area contributed by atoms with E-state index >= 15 is 0 Å². The lowest BCUT2D eigenvalue weighted by Gasteiger charge is -2.16. The maximum absolute atomic E-state index is 6.33. The van der Waals surface area contributed by atoms with Gasteiger partial charge in [0.15, 0.2) is 0 Å². The van der Waals surface area contributed by atoms with Crippen LogP contribution >= 0.6 is 50.7 Å². The van der Waals surface area contributed by atoms with Crippen molar-refractivity contribution in [3.8, 4) is 0 Å². The molecule has 2 rings (SSSR count). The summed E-state index contributed by atoms with van der Waals surface area (Å²) in [7, 11) is 0. The van der Waals surface area contributed by atoms with E-state index in [2.05, 4.69) is 28.9 Å². The number of hydrogen-bond acceptors (Lipinski definition) is 0. The van der Waals surface area contributed by atoms with Gasteiger partial charge < -0.3 is 0 Å². The standard InChI is InChI=1S/C15H12BrCl3/c1-8-5-11(14(19)6-9(8)2)15(16)12-7-10(17)3-4-13(12)18/h3-7,15H,1-2H3. The van der Waals surface area contributed by atoms with Gasteiger partial charge in [0.25, 0.3) is 0 Å². The summed E-state index contributed by atoms with van der Waals surface area (Å²) in [4.78, 5) is -0.0782. The second kappa shape index (κ2) is 6.05. The minimum absolute atomic E-state index is 0.0782. The average molecular weight is 379 g/mol. The summed E-state index contributed by atoms with van der Waals surface area (Å²) in [5.41, 5.74) is 4.28. The molecule has 0 aliphatic carbocycles. The van der Waals surface area contributed by atoms with Crippen LogP contribution in [0.3, 0.4) is 0 Å². The SMILES string of the molecule is Cc1cc(Cl)c(C(Br)c2cc(Cl)ccc2Cl)cc1C. The van der Waals surface area contributed by atoms with E-state index in [4.69, 9.17) is 34.8 Å². The molecule has 2 aromatic carbocycles. The van der Waals surface area contributed by atoms with Gasteiger partial charge in [0.05, 0.1) is 4.83 Å². The Labute approximate surface area is 136 Å². The van der Waals surface area contributed by atoms with Gasteiger partial charge in [0.1, 0.15) is 0 Å². The summed E-state index contributed by atoms with van der Waals surface area (Å²) >= 11 is 22.3. The molecule has 2 aromatic rings. The Kier molecular flexibility index (Phi) is 4.84. The third kappa shape index (κ3) is 3.28. The minimum atomic E-state index is -0.0782. The first-order valence-electron chi connectivity index (χ1n) is 5.76. The van der Waals surface area contributed by atoms with Crippen LogP contribution < -0.4 is 0 Å². The van der Waals surface area contributed by atoms with Crippen molar-refractivity contribution in [1.82, 2.24) is 0 Å². The van der Waals surface area contributed by atoms with E-state index in [1.807, 2.05) is 19.1 Å². The first-order chi connectivity index (χ1) is 8.90. The average Bonchev–Trinajstić information content (AvgIpc) is 2.36. The molecule has 0 aliphatic rings. The third-order valence-corrected chi connectivity index (χ3v) is 5.01. The molecular weight excluding hydrogens is 366 g/mol. The molecule has 0 saturated carbocycles. The largest absolute Gasteiger partial charge is 0.0843 e. The molecule has 19 heavy (non-hydrogen) atoms. The molecule has 4 heteroatoms. The molecule has 1 atom stereocenters. The topological polar surface area (TPSA) is 0 Å². The number of hydrogen-bond donors (Lipinski definition) is 0. The molecular formula is C15H12BrCl3. The van der Waals surface area contributed by atoms with Crippen molar-refractivity contribution in [2.75, 3.05) is 0 Å². The Morgan fingerprint density at radius 1 is 0.842 bits per heavy atom. The van der Waals surface area contributed by atoms with Crippen LogP contribution in [0.5, 0.6) is 0 Å². The summed E-state index contributed by atoms with van der Waals surface area (Å²) in [6.07, 6.45) is 0. The highest BCUT2D eigenvalue weighted by atomic mass is 79.9. The fraction of sp³-hybridized carbons (Fsp3) is 0.200. The van der Waals surface area contributed by atoms with Gasteiger partial charge >= 0.3 is 0 Å². The lowest BCUT2D eigenvalue weighted by molar-refractivity contribution is 1.16. The molecule has 0 N–H and O–H groups in total. The normalized spacial score (nSPS) is 12.5. The quantitative estimate of drug-likeness (QED) is 0.507. The zero-order valence-electron chi connectivity index (χ0n) is 10.5. The molecule has 0 nitrogen and oxygen atoms in total. The lowest BCUT2D eigenvalue weighted by Crippen LogP contribution is -1.97. The van der Waals surface area contributed by atoms with Gasteiger partial charge in [-0.3, -0.25) is 0 Å². The molecule has 100 valence electrons. The highest BCUT2D eigenvalue weighted by Gasteiger charge is 2.18. The van der Waals surface area contributed by atoms with Crippen molar-refractivity contribution in [3.05, 3.63) is 67.7 Å². The number of halogens is 4. The van der Waals surface area contributed by atoms with Crippen LogP contribution in [0.4, 0.5) is 0 Å². The van der Waals surface area contributed by atoms with Crippen molar-refractivity contribution in [2.45, 2.75) is 18.7 Å². The summed E-state index contributed by atoms with van der Waals surface area (Å²) in [5.74, 6) is 0. The summed E-state index contributed by atoms with van der Waals surface area (Å²) < 4.78 is 0. The predicted molar refractivity (Wildman–Crippen MR) is 88.2 cm³/mol. The Hall–Kier alpha value is -0.210. The highest BCUT2D eigenvalue weighted by Crippen LogP contribution is 2.40. The third-order valence-electron chi connectivity index (χ3n) is 3.12. The Morgan fingerprint density at radius 3 is 2.11 bits per heavy atom. The van der Waals surface area contributed by atoms with Gasteiger partial charge in [0.2, 0.25) is 0 Å². The second-order valence-corrected chi connectivity index (χ2v) is 6.65. The molecule has 0 radical (unpaired) electrons. The van der Waals surface area contributed by atoms with Crippen LogP contribution in [0.1, 0.15) is 27.1 Å². The Balaban J connectivity index is 2.52. The fourth-order valence-corrected chi connectivity index (χ4v) is 3.63. The van der Waals surface area contributed by atoms with Gasteiger partial charge in [-0.2, -0.15) is 0 Å². The van der Waals surface area contributed by atoms with Crippen LogP contribution in [-0.2, 0) is 0 Å². The first-order valence-corrected chi connectivity index (χ1v) is 7.80. The van der Waals surface area contributed by atoms with Gasteiger partial charge in [-0.25, -0.2) is 0 Å². The molecule has 0 spiro atoms. The molecule has 0 amide bonds. The number of benzene rings is 2. The molecule has 0 fully saturated rings. The van der Waals surface area contributed by atoms with E-state index in [0.29, 0.717) is 10.0 Å². The van der Waals surface area contributed by atoms with E-state index in [1.54, 1.807) is 12.1 Å². The number of alkyl halides is 1. The Bertz CT molecular complexity index is 623. The zero-order chi connectivity index (χ0) is 14.2. The van der Waals surface area contributed by atoms with E-state index < -0.39 is 0 Å². The van der Waals surface area contributed by atoms with E-state index in [9.17, 15) is 0 Å². The van der Waals surface area contributed by atoms with Crippen molar-refractivity contribution < 1.29 is 0 Å².